The van der Waals surface area contributed by atoms with Crippen LogP contribution in [0.1, 0.15) is 68.1 Å². The summed E-state index contributed by atoms with van der Waals surface area (Å²) in [5.74, 6) is 6.17. The highest BCUT2D eigenvalue weighted by molar-refractivity contribution is 7.81. The Morgan fingerprint density at radius 3 is 2.41 bits per heavy atom. The summed E-state index contributed by atoms with van der Waals surface area (Å²) < 4.78 is 5.02. The lowest BCUT2D eigenvalue weighted by atomic mass is 9.76. The van der Waals surface area contributed by atoms with Crippen molar-refractivity contribution >= 4 is 24.3 Å². The van der Waals surface area contributed by atoms with Crippen molar-refractivity contribution in [2.24, 2.45) is 0 Å². The first-order chi connectivity index (χ1) is 13.7. The summed E-state index contributed by atoms with van der Waals surface area (Å²) in [4.78, 5) is 14.1. The lowest BCUT2D eigenvalue weighted by Crippen LogP contribution is -2.46. The van der Waals surface area contributed by atoms with Gasteiger partial charge in [0.15, 0.2) is 0 Å². The molecule has 152 valence electrons. The normalized spacial score (nSPS) is 17.3. The van der Waals surface area contributed by atoms with E-state index in [9.17, 15) is 4.79 Å². The number of hydrogen-bond acceptors (Lipinski definition) is 4. The van der Waals surface area contributed by atoms with Crippen LogP contribution in [0, 0.1) is 11.8 Å². The molecule has 29 heavy (non-hydrogen) atoms. The van der Waals surface area contributed by atoms with Crippen LogP contribution in [-0.4, -0.2) is 24.0 Å². The van der Waals surface area contributed by atoms with Gasteiger partial charge in [-0.15, -0.1) is 0 Å². The Bertz CT molecular complexity index is 951. The molecule has 1 unspecified atom stereocenters. The van der Waals surface area contributed by atoms with Gasteiger partial charge in [-0.25, -0.2) is 4.79 Å². The van der Waals surface area contributed by atoms with Crippen LogP contribution in [0.25, 0.3) is 0 Å². The van der Waals surface area contributed by atoms with E-state index in [4.69, 9.17) is 17.4 Å². The molecule has 0 spiro atoms. The summed E-state index contributed by atoms with van der Waals surface area (Å²) in [5, 5.41) is 0.215. The SMILES string of the molecule is CCOC(=O)c1ccc(C#Cc2ccc3c(c2)C(C)(C)CC(S)N3C(C)C)cc1. The van der Waals surface area contributed by atoms with Crippen molar-refractivity contribution in [2.75, 3.05) is 11.5 Å². The summed E-state index contributed by atoms with van der Waals surface area (Å²) >= 11 is 4.85. The maximum atomic E-state index is 11.8. The minimum Gasteiger partial charge on any atom is -0.462 e. The summed E-state index contributed by atoms with van der Waals surface area (Å²) in [7, 11) is 0. The van der Waals surface area contributed by atoms with Crippen molar-refractivity contribution in [1.29, 1.82) is 0 Å². The molecule has 3 nitrogen and oxygen atoms in total. The molecule has 1 aliphatic rings. The molecule has 4 heteroatoms. The predicted octanol–water partition coefficient (Wildman–Crippen LogP) is 5.42. The fourth-order valence-electron chi connectivity index (χ4n) is 3.88. The summed E-state index contributed by atoms with van der Waals surface area (Å²) in [6, 6.07) is 14.1. The second-order valence-electron chi connectivity index (χ2n) is 8.35. The third kappa shape index (κ3) is 4.62. The van der Waals surface area contributed by atoms with Gasteiger partial charge in [-0.3, -0.25) is 0 Å². The summed E-state index contributed by atoms with van der Waals surface area (Å²) in [6.45, 7) is 11.1. The molecule has 0 radical (unpaired) electrons. The van der Waals surface area contributed by atoms with Crippen LogP contribution in [0.5, 0.6) is 0 Å². The molecule has 1 heterocycles. The quantitative estimate of drug-likeness (QED) is 0.419. The minimum absolute atomic E-state index is 0.0477. The second kappa shape index (κ2) is 8.55. The highest BCUT2D eigenvalue weighted by Crippen LogP contribution is 2.44. The number of thiol groups is 1. The molecule has 0 fully saturated rings. The highest BCUT2D eigenvalue weighted by atomic mass is 32.1. The molecule has 0 saturated heterocycles. The molecule has 0 bridgehead atoms. The van der Waals surface area contributed by atoms with E-state index < -0.39 is 0 Å². The number of nitrogens with zero attached hydrogens (tertiary/aromatic N) is 1. The molecular formula is C25H29NO2S. The number of ether oxygens (including phenoxy) is 1. The maximum absolute atomic E-state index is 11.8. The number of rotatable bonds is 3. The smallest absolute Gasteiger partial charge is 0.338 e. The molecule has 0 aromatic heterocycles. The van der Waals surface area contributed by atoms with Crippen LogP contribution in [0.3, 0.4) is 0 Å². The van der Waals surface area contributed by atoms with Gasteiger partial charge in [-0.2, -0.15) is 12.6 Å². The van der Waals surface area contributed by atoms with Crippen LogP contribution < -0.4 is 4.90 Å². The van der Waals surface area contributed by atoms with Crippen molar-refractivity contribution in [3.05, 3.63) is 64.7 Å². The Morgan fingerprint density at radius 1 is 1.17 bits per heavy atom. The zero-order valence-electron chi connectivity index (χ0n) is 17.8. The fraction of sp³-hybridized carbons (Fsp3) is 0.400. The number of esters is 1. The number of carbonyl (C=O) groups is 1. The number of carbonyl (C=O) groups excluding carboxylic acids is 1. The first-order valence-corrected chi connectivity index (χ1v) is 10.6. The number of anilines is 1. The lowest BCUT2D eigenvalue weighted by molar-refractivity contribution is 0.0526. The zero-order chi connectivity index (χ0) is 21.2. The van der Waals surface area contributed by atoms with E-state index >= 15 is 0 Å². The van der Waals surface area contributed by atoms with E-state index in [0.717, 1.165) is 17.5 Å². The Labute approximate surface area is 179 Å². The Kier molecular flexibility index (Phi) is 6.29. The van der Waals surface area contributed by atoms with Crippen LogP contribution >= 0.6 is 12.6 Å². The van der Waals surface area contributed by atoms with Crippen LogP contribution in [0.4, 0.5) is 5.69 Å². The van der Waals surface area contributed by atoms with Gasteiger partial charge in [0.2, 0.25) is 0 Å². The third-order valence-corrected chi connectivity index (χ3v) is 5.75. The third-order valence-electron chi connectivity index (χ3n) is 5.32. The monoisotopic (exact) mass is 407 g/mol. The molecule has 0 aliphatic carbocycles. The zero-order valence-corrected chi connectivity index (χ0v) is 18.7. The highest BCUT2D eigenvalue weighted by Gasteiger charge is 2.36. The van der Waals surface area contributed by atoms with Gasteiger partial charge in [0.05, 0.1) is 17.5 Å². The molecule has 1 atom stereocenters. The molecular weight excluding hydrogens is 378 g/mol. The maximum Gasteiger partial charge on any atom is 0.338 e. The van der Waals surface area contributed by atoms with E-state index in [1.54, 1.807) is 19.1 Å². The molecule has 0 N–H and O–H groups in total. The molecule has 2 aromatic rings. The topological polar surface area (TPSA) is 29.5 Å². The lowest BCUT2D eigenvalue weighted by Gasteiger charge is -2.46. The number of benzene rings is 2. The molecule has 3 rings (SSSR count). The average molecular weight is 408 g/mol. The molecule has 0 amide bonds. The van der Waals surface area contributed by atoms with Gasteiger partial charge in [0, 0.05) is 22.9 Å². The molecule has 1 aliphatic heterocycles. The van der Waals surface area contributed by atoms with Crippen molar-refractivity contribution in [3.63, 3.8) is 0 Å². The van der Waals surface area contributed by atoms with Gasteiger partial charge in [0.25, 0.3) is 0 Å². The fourth-order valence-corrected chi connectivity index (χ4v) is 4.72. The summed E-state index contributed by atoms with van der Waals surface area (Å²) in [5.41, 5.74) is 5.03. The van der Waals surface area contributed by atoms with Crippen molar-refractivity contribution in [2.45, 2.75) is 57.9 Å². The summed E-state index contributed by atoms with van der Waals surface area (Å²) in [6.07, 6.45) is 0.994. The molecule has 0 saturated carbocycles. The Hall–Kier alpha value is -2.38. The first-order valence-electron chi connectivity index (χ1n) is 10.1. The van der Waals surface area contributed by atoms with E-state index in [0.29, 0.717) is 18.2 Å². The van der Waals surface area contributed by atoms with E-state index in [2.05, 4.69) is 62.6 Å². The van der Waals surface area contributed by atoms with Gasteiger partial charge < -0.3 is 9.64 Å². The first kappa shape index (κ1) is 21.3. The number of fused-ring (bicyclic) bond motifs is 1. The van der Waals surface area contributed by atoms with Crippen molar-refractivity contribution in [3.8, 4) is 11.8 Å². The van der Waals surface area contributed by atoms with Gasteiger partial charge in [-0.05, 0) is 80.6 Å². The van der Waals surface area contributed by atoms with Gasteiger partial charge >= 0.3 is 5.97 Å². The number of hydrogen-bond donors (Lipinski definition) is 1. The predicted molar refractivity (Wildman–Crippen MR) is 123 cm³/mol. The van der Waals surface area contributed by atoms with Crippen LogP contribution in [-0.2, 0) is 10.2 Å². The largest absolute Gasteiger partial charge is 0.462 e. The van der Waals surface area contributed by atoms with Crippen molar-refractivity contribution < 1.29 is 9.53 Å². The Balaban J connectivity index is 1.88. The van der Waals surface area contributed by atoms with E-state index in [1.165, 1.54) is 11.3 Å². The second-order valence-corrected chi connectivity index (χ2v) is 8.95. The van der Waals surface area contributed by atoms with Gasteiger partial charge in [-0.1, -0.05) is 25.7 Å². The van der Waals surface area contributed by atoms with Gasteiger partial charge in [0.1, 0.15) is 0 Å². The van der Waals surface area contributed by atoms with E-state index in [1.807, 2.05) is 12.1 Å². The standard InChI is InChI=1S/C25H29NO2S/c1-6-28-24(27)20-12-9-18(10-13-20)7-8-19-11-14-22-21(15-19)25(4,5)16-23(29)26(22)17(2)3/h9-15,17,23,29H,6,16H2,1-5H3. The van der Waals surface area contributed by atoms with Crippen LogP contribution in [0.15, 0.2) is 42.5 Å². The average Bonchev–Trinajstić information content (AvgIpc) is 2.66. The molecule has 2 aromatic carbocycles. The minimum atomic E-state index is -0.305. The van der Waals surface area contributed by atoms with Crippen LogP contribution in [0.2, 0.25) is 0 Å². The van der Waals surface area contributed by atoms with Crippen molar-refractivity contribution in [1.82, 2.24) is 0 Å². The Morgan fingerprint density at radius 2 is 1.79 bits per heavy atom. The van der Waals surface area contributed by atoms with E-state index in [-0.39, 0.29) is 16.8 Å².